The van der Waals surface area contributed by atoms with Gasteiger partial charge in [-0.3, -0.25) is 0 Å². The molecule has 7 heteroatoms. The van der Waals surface area contributed by atoms with E-state index in [1.165, 1.54) is 7.11 Å². The second-order valence-corrected chi connectivity index (χ2v) is 6.20. The molecule has 17 heavy (non-hydrogen) atoms. The molecule has 0 saturated carbocycles. The fourth-order valence-electron chi connectivity index (χ4n) is 1.53. The molecule has 0 saturated heterocycles. The van der Waals surface area contributed by atoms with E-state index >= 15 is 0 Å². The van der Waals surface area contributed by atoms with Crippen molar-refractivity contribution in [1.82, 2.24) is 4.98 Å². The minimum Gasteiger partial charge on any atom is -0.493 e. The van der Waals surface area contributed by atoms with Gasteiger partial charge in [-0.1, -0.05) is 0 Å². The molecule has 0 fully saturated rings. The van der Waals surface area contributed by atoms with Gasteiger partial charge in [0.25, 0.3) is 0 Å². The lowest BCUT2D eigenvalue weighted by Gasteiger charge is -2.10. The first-order chi connectivity index (χ1) is 7.92. The number of ether oxygens (including phenoxy) is 1. The molecule has 1 aromatic carbocycles. The topological polar surface area (TPSA) is 68.4 Å². The van der Waals surface area contributed by atoms with Gasteiger partial charge in [-0.15, -0.1) is 0 Å². The molecule has 0 bridgehead atoms. The molecule has 0 amide bonds. The summed E-state index contributed by atoms with van der Waals surface area (Å²) >= 11 is 2.15. The highest BCUT2D eigenvalue weighted by Gasteiger charge is 2.17. The van der Waals surface area contributed by atoms with E-state index in [0.29, 0.717) is 11.1 Å². The molecule has 0 aliphatic heterocycles. The van der Waals surface area contributed by atoms with Crippen molar-refractivity contribution in [2.45, 2.75) is 0 Å². The minimum absolute atomic E-state index is 0.215. The Morgan fingerprint density at radius 3 is 2.53 bits per heavy atom. The van der Waals surface area contributed by atoms with Crippen molar-refractivity contribution in [2.75, 3.05) is 13.4 Å². The van der Waals surface area contributed by atoms with E-state index in [1.807, 2.05) is 0 Å². The molecular formula is C10H10INO4S. The van der Waals surface area contributed by atoms with Crippen molar-refractivity contribution in [1.29, 1.82) is 0 Å². The Kier molecular flexibility index (Phi) is 3.21. The van der Waals surface area contributed by atoms with Crippen LogP contribution in [0.1, 0.15) is 0 Å². The molecule has 0 radical (unpaired) electrons. The Morgan fingerprint density at radius 2 is 1.94 bits per heavy atom. The third-order valence-electron chi connectivity index (χ3n) is 2.18. The number of aromatic amines is 1. The Bertz CT molecular complexity index is 662. The maximum absolute atomic E-state index is 11.2. The first-order valence-electron chi connectivity index (χ1n) is 4.65. The zero-order valence-electron chi connectivity index (χ0n) is 9.15. The van der Waals surface area contributed by atoms with E-state index in [4.69, 9.17) is 8.92 Å². The highest BCUT2D eigenvalue weighted by atomic mass is 127. The van der Waals surface area contributed by atoms with Crippen LogP contribution in [0.25, 0.3) is 10.8 Å². The van der Waals surface area contributed by atoms with Gasteiger partial charge >= 0.3 is 10.1 Å². The standard InChI is InChI=1S/C10H10INO4S/c1-15-9-3-8(11)6-4-12-5-7(6)10(9)16-17(2,13)14/h3-5,12H,1-2H3. The fraction of sp³-hybridized carbons (Fsp3) is 0.200. The molecule has 92 valence electrons. The van der Waals surface area contributed by atoms with Crippen molar-refractivity contribution in [3.8, 4) is 11.5 Å². The first-order valence-corrected chi connectivity index (χ1v) is 7.54. The molecule has 1 aromatic heterocycles. The van der Waals surface area contributed by atoms with Gasteiger partial charge in [-0.05, 0) is 28.7 Å². The van der Waals surface area contributed by atoms with Gasteiger partial charge in [0.05, 0.1) is 13.4 Å². The largest absolute Gasteiger partial charge is 0.493 e. The molecule has 5 nitrogen and oxygen atoms in total. The molecule has 2 aromatic rings. The van der Waals surface area contributed by atoms with Gasteiger partial charge in [0.1, 0.15) is 0 Å². The smallest absolute Gasteiger partial charge is 0.306 e. The number of aromatic nitrogens is 1. The summed E-state index contributed by atoms with van der Waals surface area (Å²) in [4.78, 5) is 2.92. The number of rotatable bonds is 3. The average molecular weight is 367 g/mol. The van der Waals surface area contributed by atoms with Crippen molar-refractivity contribution in [2.24, 2.45) is 0 Å². The molecule has 0 aliphatic rings. The van der Waals surface area contributed by atoms with Crippen LogP contribution in [0.4, 0.5) is 0 Å². The van der Waals surface area contributed by atoms with E-state index in [1.54, 1.807) is 18.5 Å². The molecule has 1 heterocycles. The summed E-state index contributed by atoms with van der Waals surface area (Å²) < 4.78 is 33.5. The highest BCUT2D eigenvalue weighted by molar-refractivity contribution is 14.1. The number of H-pyrrole nitrogens is 1. The van der Waals surface area contributed by atoms with E-state index in [-0.39, 0.29) is 5.75 Å². The average Bonchev–Trinajstić information content (AvgIpc) is 2.69. The van der Waals surface area contributed by atoms with Crippen LogP contribution in [0, 0.1) is 3.57 Å². The number of nitrogens with one attached hydrogen (secondary N) is 1. The number of halogens is 1. The van der Waals surface area contributed by atoms with E-state index in [0.717, 1.165) is 15.2 Å². The van der Waals surface area contributed by atoms with Crippen LogP contribution in [0.15, 0.2) is 18.5 Å². The van der Waals surface area contributed by atoms with Crippen molar-refractivity contribution < 1.29 is 17.3 Å². The lowest BCUT2D eigenvalue weighted by Crippen LogP contribution is -2.07. The van der Waals surface area contributed by atoms with Crippen LogP contribution in [0.3, 0.4) is 0 Å². The summed E-state index contributed by atoms with van der Waals surface area (Å²) in [5, 5.41) is 1.57. The quantitative estimate of drug-likeness (QED) is 0.667. The van der Waals surface area contributed by atoms with Gasteiger partial charge in [-0.2, -0.15) is 8.42 Å². The molecule has 0 atom stereocenters. The Morgan fingerprint density at radius 1 is 1.29 bits per heavy atom. The predicted octanol–water partition coefficient (Wildman–Crippen LogP) is 2.12. The molecule has 0 aliphatic carbocycles. The number of benzene rings is 1. The number of hydrogen-bond donors (Lipinski definition) is 1. The van der Waals surface area contributed by atoms with Crippen LogP contribution in [0.5, 0.6) is 11.5 Å². The SMILES string of the molecule is COc1cc(I)c2c[nH]cc2c1OS(C)(=O)=O. The van der Waals surface area contributed by atoms with Crippen LogP contribution in [0.2, 0.25) is 0 Å². The fourth-order valence-corrected chi connectivity index (χ4v) is 2.73. The third kappa shape index (κ3) is 2.49. The Labute approximate surface area is 112 Å². The van der Waals surface area contributed by atoms with Gasteiger partial charge in [0.2, 0.25) is 0 Å². The summed E-state index contributed by atoms with van der Waals surface area (Å²) in [5.41, 5.74) is 0. The predicted molar refractivity (Wildman–Crippen MR) is 73.0 cm³/mol. The maximum atomic E-state index is 11.2. The molecule has 0 spiro atoms. The maximum Gasteiger partial charge on any atom is 0.306 e. The van der Waals surface area contributed by atoms with Gasteiger partial charge in [0.15, 0.2) is 11.5 Å². The van der Waals surface area contributed by atoms with Gasteiger partial charge in [0, 0.05) is 26.7 Å². The monoisotopic (exact) mass is 367 g/mol. The summed E-state index contributed by atoms with van der Waals surface area (Å²) in [7, 11) is -2.12. The summed E-state index contributed by atoms with van der Waals surface area (Å²) in [6.07, 6.45) is 4.47. The normalized spacial score (nSPS) is 11.7. The van der Waals surface area contributed by atoms with Crippen LogP contribution in [-0.2, 0) is 10.1 Å². The van der Waals surface area contributed by atoms with Gasteiger partial charge < -0.3 is 13.9 Å². The van der Waals surface area contributed by atoms with Crippen molar-refractivity contribution in [3.63, 3.8) is 0 Å². The Balaban J connectivity index is 2.74. The zero-order chi connectivity index (χ0) is 12.6. The number of fused-ring (bicyclic) bond motifs is 1. The van der Waals surface area contributed by atoms with Gasteiger partial charge in [-0.25, -0.2) is 0 Å². The molecule has 1 N–H and O–H groups in total. The van der Waals surface area contributed by atoms with Crippen LogP contribution < -0.4 is 8.92 Å². The summed E-state index contributed by atoms with van der Waals surface area (Å²) in [6.45, 7) is 0. The molecular weight excluding hydrogens is 357 g/mol. The summed E-state index contributed by atoms with van der Waals surface area (Å²) in [6, 6.07) is 1.73. The second kappa shape index (κ2) is 4.37. The summed E-state index contributed by atoms with van der Waals surface area (Å²) in [5.74, 6) is 0.610. The lowest BCUT2D eigenvalue weighted by molar-refractivity contribution is 0.393. The van der Waals surface area contributed by atoms with Crippen molar-refractivity contribution >= 4 is 43.5 Å². The highest BCUT2D eigenvalue weighted by Crippen LogP contribution is 2.39. The van der Waals surface area contributed by atoms with Crippen LogP contribution in [-0.4, -0.2) is 26.8 Å². The van der Waals surface area contributed by atoms with Crippen LogP contribution >= 0.6 is 22.6 Å². The third-order valence-corrected chi connectivity index (χ3v) is 3.55. The number of hydrogen-bond acceptors (Lipinski definition) is 4. The minimum atomic E-state index is -3.59. The second-order valence-electron chi connectivity index (χ2n) is 3.46. The molecule has 0 unspecified atom stereocenters. The number of methoxy groups -OCH3 is 1. The van der Waals surface area contributed by atoms with E-state index < -0.39 is 10.1 Å². The van der Waals surface area contributed by atoms with E-state index in [2.05, 4.69) is 27.6 Å². The van der Waals surface area contributed by atoms with E-state index in [9.17, 15) is 8.42 Å². The zero-order valence-corrected chi connectivity index (χ0v) is 12.1. The lowest BCUT2D eigenvalue weighted by atomic mass is 10.2. The first kappa shape index (κ1) is 12.5. The van der Waals surface area contributed by atoms with Crippen molar-refractivity contribution in [3.05, 3.63) is 22.0 Å². The molecule has 2 rings (SSSR count). The Hall–Kier alpha value is -0.960.